The van der Waals surface area contributed by atoms with Crippen LogP contribution in [0.2, 0.25) is 0 Å². The number of carbonyl (C=O) groups excluding carboxylic acids is 1. The molecule has 0 saturated carbocycles. The van der Waals surface area contributed by atoms with Crippen LogP contribution in [0.5, 0.6) is 0 Å². The summed E-state index contributed by atoms with van der Waals surface area (Å²) in [6, 6.07) is 26.2. The van der Waals surface area contributed by atoms with Crippen LogP contribution < -0.4 is 0 Å². The monoisotopic (exact) mass is 426 g/mol. The number of hydrogen-bond acceptors (Lipinski definition) is 4. The second kappa shape index (κ2) is 8.78. The number of aromatic nitrogens is 3. The van der Waals surface area contributed by atoms with Gasteiger partial charge in [0.15, 0.2) is 0 Å². The molecule has 1 saturated heterocycles. The van der Waals surface area contributed by atoms with E-state index in [9.17, 15) is 4.79 Å². The molecule has 1 aliphatic rings. The molecule has 31 heavy (non-hydrogen) atoms. The van der Waals surface area contributed by atoms with Crippen molar-refractivity contribution in [2.75, 3.05) is 12.3 Å². The molecule has 1 amide bonds. The van der Waals surface area contributed by atoms with E-state index < -0.39 is 0 Å². The van der Waals surface area contributed by atoms with Crippen LogP contribution in [-0.4, -0.2) is 37.9 Å². The topological polar surface area (TPSA) is 51.0 Å². The Balaban J connectivity index is 1.51. The van der Waals surface area contributed by atoms with Crippen LogP contribution in [0.3, 0.4) is 0 Å². The molecule has 0 N–H and O–H groups in total. The van der Waals surface area contributed by atoms with E-state index in [1.807, 2.05) is 76.3 Å². The van der Waals surface area contributed by atoms with Gasteiger partial charge >= 0.3 is 0 Å². The third-order valence-corrected chi connectivity index (χ3v) is 6.62. The SMILES string of the molecule is O=C1CSC(c2cn(-c3ccccc3)nc2-c2ccccc2)N1CCc1ccccn1. The zero-order chi connectivity index (χ0) is 21.0. The summed E-state index contributed by atoms with van der Waals surface area (Å²) in [6.07, 6.45) is 4.60. The Morgan fingerprint density at radius 2 is 1.68 bits per heavy atom. The highest BCUT2D eigenvalue weighted by atomic mass is 32.2. The molecule has 2 aromatic carbocycles. The summed E-state index contributed by atoms with van der Waals surface area (Å²) in [5.74, 6) is 0.648. The fraction of sp³-hybridized carbons (Fsp3) is 0.160. The van der Waals surface area contributed by atoms with E-state index in [0.29, 0.717) is 12.3 Å². The van der Waals surface area contributed by atoms with Gasteiger partial charge in [0, 0.05) is 42.2 Å². The molecule has 0 aliphatic carbocycles. The first-order valence-corrected chi connectivity index (χ1v) is 11.4. The standard InChI is InChI=1S/C25H22N4OS/c30-23-18-31-25(28(23)16-14-20-11-7-8-15-26-20)22-17-29(21-12-5-2-6-13-21)27-24(22)19-9-3-1-4-10-19/h1-13,15,17,25H,14,16,18H2. The fourth-order valence-electron chi connectivity index (χ4n) is 3.84. The van der Waals surface area contributed by atoms with Crippen molar-refractivity contribution >= 4 is 17.7 Å². The molecule has 0 spiro atoms. The molecule has 6 heteroatoms. The molecule has 1 unspecified atom stereocenters. The Morgan fingerprint density at radius 3 is 2.42 bits per heavy atom. The van der Waals surface area contributed by atoms with Crippen LogP contribution in [-0.2, 0) is 11.2 Å². The smallest absolute Gasteiger partial charge is 0.233 e. The number of benzene rings is 2. The largest absolute Gasteiger partial charge is 0.325 e. The normalized spacial score (nSPS) is 16.1. The van der Waals surface area contributed by atoms with Crippen molar-refractivity contribution in [1.29, 1.82) is 0 Å². The quantitative estimate of drug-likeness (QED) is 0.446. The van der Waals surface area contributed by atoms with Crippen LogP contribution in [0.25, 0.3) is 16.9 Å². The highest BCUT2D eigenvalue weighted by Crippen LogP contribution is 2.42. The summed E-state index contributed by atoms with van der Waals surface area (Å²) >= 11 is 1.67. The number of nitrogens with zero attached hydrogens (tertiary/aromatic N) is 4. The van der Waals surface area contributed by atoms with E-state index in [-0.39, 0.29) is 11.3 Å². The molecular weight excluding hydrogens is 404 g/mol. The zero-order valence-electron chi connectivity index (χ0n) is 17.0. The fourth-order valence-corrected chi connectivity index (χ4v) is 5.06. The maximum atomic E-state index is 12.8. The van der Waals surface area contributed by atoms with Crippen LogP contribution >= 0.6 is 11.8 Å². The molecule has 3 heterocycles. The first-order valence-electron chi connectivity index (χ1n) is 10.3. The number of para-hydroxylation sites is 1. The van der Waals surface area contributed by atoms with Crippen LogP contribution in [0.4, 0.5) is 0 Å². The van der Waals surface area contributed by atoms with Crippen LogP contribution in [0.15, 0.2) is 91.3 Å². The van der Waals surface area contributed by atoms with Gasteiger partial charge < -0.3 is 4.90 Å². The van der Waals surface area contributed by atoms with E-state index in [4.69, 9.17) is 5.10 Å². The molecule has 0 bridgehead atoms. The molecule has 5 rings (SSSR count). The summed E-state index contributed by atoms with van der Waals surface area (Å²) in [5.41, 5.74) is 5.03. The zero-order valence-corrected chi connectivity index (χ0v) is 17.8. The van der Waals surface area contributed by atoms with Gasteiger partial charge in [0.05, 0.1) is 17.1 Å². The number of hydrogen-bond donors (Lipinski definition) is 0. The number of rotatable bonds is 6. The van der Waals surface area contributed by atoms with Crippen LogP contribution in [0.1, 0.15) is 16.6 Å². The van der Waals surface area contributed by atoms with Gasteiger partial charge in [-0.15, -0.1) is 11.8 Å². The van der Waals surface area contributed by atoms with Gasteiger partial charge in [0.2, 0.25) is 5.91 Å². The summed E-state index contributed by atoms with van der Waals surface area (Å²) in [7, 11) is 0. The van der Waals surface area contributed by atoms with Gasteiger partial charge in [-0.25, -0.2) is 4.68 Å². The maximum Gasteiger partial charge on any atom is 0.233 e. The average molecular weight is 427 g/mol. The number of pyridine rings is 1. The minimum atomic E-state index is -0.0659. The minimum absolute atomic E-state index is 0.0659. The highest BCUT2D eigenvalue weighted by molar-refractivity contribution is 8.00. The molecule has 1 fully saturated rings. The predicted octanol–water partition coefficient (Wildman–Crippen LogP) is 4.75. The van der Waals surface area contributed by atoms with Crippen LogP contribution in [0, 0.1) is 0 Å². The van der Waals surface area contributed by atoms with Crippen molar-refractivity contribution in [2.45, 2.75) is 11.8 Å². The van der Waals surface area contributed by atoms with E-state index in [0.717, 1.165) is 34.6 Å². The van der Waals surface area contributed by atoms with E-state index in [1.54, 1.807) is 18.0 Å². The van der Waals surface area contributed by atoms with Crippen molar-refractivity contribution in [3.8, 4) is 16.9 Å². The first-order chi connectivity index (χ1) is 15.3. The Kier molecular flexibility index (Phi) is 5.54. The van der Waals surface area contributed by atoms with Crippen molar-refractivity contribution in [2.24, 2.45) is 0 Å². The minimum Gasteiger partial charge on any atom is -0.325 e. The van der Waals surface area contributed by atoms with Crippen molar-refractivity contribution < 1.29 is 4.79 Å². The van der Waals surface area contributed by atoms with Gasteiger partial charge in [0.25, 0.3) is 0 Å². The Labute approximate surface area is 185 Å². The third-order valence-electron chi connectivity index (χ3n) is 5.38. The third kappa shape index (κ3) is 4.11. The van der Waals surface area contributed by atoms with Gasteiger partial charge in [-0.3, -0.25) is 9.78 Å². The highest BCUT2D eigenvalue weighted by Gasteiger charge is 2.35. The number of thioether (sulfide) groups is 1. The Morgan fingerprint density at radius 1 is 0.935 bits per heavy atom. The van der Waals surface area contributed by atoms with Gasteiger partial charge in [-0.1, -0.05) is 54.6 Å². The van der Waals surface area contributed by atoms with E-state index >= 15 is 0 Å². The Bertz CT molecular complexity index is 1160. The van der Waals surface area contributed by atoms with Crippen molar-refractivity contribution in [1.82, 2.24) is 19.7 Å². The van der Waals surface area contributed by atoms with E-state index in [2.05, 4.69) is 23.3 Å². The molecule has 154 valence electrons. The Hall–Kier alpha value is -3.38. The summed E-state index contributed by atoms with van der Waals surface area (Å²) in [6.45, 7) is 0.637. The molecule has 1 atom stereocenters. The van der Waals surface area contributed by atoms with Crippen molar-refractivity contribution in [3.63, 3.8) is 0 Å². The molecule has 4 aromatic rings. The number of amides is 1. The average Bonchev–Trinajstić information content (AvgIpc) is 3.43. The molecule has 0 radical (unpaired) electrons. The van der Waals surface area contributed by atoms with E-state index in [1.165, 1.54) is 0 Å². The second-order valence-corrected chi connectivity index (χ2v) is 8.47. The molecule has 1 aliphatic heterocycles. The van der Waals surface area contributed by atoms with Gasteiger partial charge in [0.1, 0.15) is 5.37 Å². The lowest BCUT2D eigenvalue weighted by Crippen LogP contribution is -2.30. The van der Waals surface area contributed by atoms with Gasteiger partial charge in [-0.05, 0) is 24.3 Å². The molecular formula is C25H22N4OS. The molecule has 2 aromatic heterocycles. The van der Waals surface area contributed by atoms with Gasteiger partial charge in [-0.2, -0.15) is 5.10 Å². The second-order valence-electron chi connectivity index (χ2n) is 7.40. The lowest BCUT2D eigenvalue weighted by molar-refractivity contribution is -0.128. The summed E-state index contributed by atoms with van der Waals surface area (Å²) in [5, 5.41) is 4.86. The van der Waals surface area contributed by atoms with Crippen molar-refractivity contribution in [3.05, 3.63) is 103 Å². The predicted molar refractivity (Wildman–Crippen MR) is 124 cm³/mol. The number of carbonyl (C=O) groups is 1. The molecule has 5 nitrogen and oxygen atoms in total. The first kappa shape index (κ1) is 19.6. The lowest BCUT2D eigenvalue weighted by Gasteiger charge is -2.24. The lowest BCUT2D eigenvalue weighted by atomic mass is 10.1. The maximum absolute atomic E-state index is 12.8. The summed E-state index contributed by atoms with van der Waals surface area (Å²) in [4.78, 5) is 19.1. The summed E-state index contributed by atoms with van der Waals surface area (Å²) < 4.78 is 1.91.